The molecule has 0 aliphatic carbocycles. The molecule has 1 N–H and O–H groups in total. The van der Waals surface area contributed by atoms with E-state index >= 15 is 0 Å². The van der Waals surface area contributed by atoms with Crippen molar-refractivity contribution >= 4 is 11.9 Å². The molecule has 0 atom stereocenters. The molecule has 116 valence electrons. The van der Waals surface area contributed by atoms with Crippen molar-refractivity contribution in [3.63, 3.8) is 0 Å². The Hall–Kier alpha value is -2.04. The van der Waals surface area contributed by atoms with Crippen LogP contribution in [0.25, 0.3) is 0 Å². The van der Waals surface area contributed by atoms with Crippen molar-refractivity contribution in [3.8, 4) is 5.75 Å². The number of ether oxygens (including phenoxy) is 2. The van der Waals surface area contributed by atoms with E-state index in [4.69, 9.17) is 9.47 Å². The van der Waals surface area contributed by atoms with Gasteiger partial charge in [-0.15, -0.1) is 0 Å². The first-order valence-electron chi connectivity index (χ1n) is 6.94. The Labute approximate surface area is 124 Å². The van der Waals surface area contributed by atoms with Crippen molar-refractivity contribution < 1.29 is 24.2 Å². The molecule has 1 aromatic rings. The van der Waals surface area contributed by atoms with E-state index in [1.807, 2.05) is 20.8 Å². The van der Waals surface area contributed by atoms with Crippen LogP contribution < -0.4 is 0 Å². The molecule has 0 radical (unpaired) electrons. The van der Waals surface area contributed by atoms with E-state index in [-0.39, 0.29) is 29.8 Å². The molecule has 0 aliphatic heterocycles. The maximum absolute atomic E-state index is 11.9. The molecule has 21 heavy (non-hydrogen) atoms. The minimum atomic E-state index is -0.661. The highest BCUT2D eigenvalue weighted by molar-refractivity contribution is 6.00. The number of benzene rings is 1. The maximum Gasteiger partial charge on any atom is 0.341 e. The molecule has 5 heteroatoms. The Morgan fingerprint density at radius 1 is 1.00 bits per heavy atom. The lowest BCUT2D eigenvalue weighted by Gasteiger charge is -2.21. The normalized spacial score (nSPS) is 11.1. The second kappa shape index (κ2) is 6.61. The van der Waals surface area contributed by atoms with Gasteiger partial charge in [0, 0.05) is 0 Å². The lowest BCUT2D eigenvalue weighted by molar-refractivity contribution is 0.0518. The number of aromatic hydroxyl groups is 1. The summed E-state index contributed by atoms with van der Waals surface area (Å²) >= 11 is 0. The van der Waals surface area contributed by atoms with Gasteiger partial charge in [0.15, 0.2) is 0 Å². The van der Waals surface area contributed by atoms with Gasteiger partial charge in [-0.2, -0.15) is 0 Å². The summed E-state index contributed by atoms with van der Waals surface area (Å²) in [6.07, 6.45) is 0. The number of carbonyl (C=O) groups excluding carboxylic acids is 2. The van der Waals surface area contributed by atoms with Crippen LogP contribution in [0.4, 0.5) is 0 Å². The van der Waals surface area contributed by atoms with E-state index in [1.54, 1.807) is 26.0 Å². The molecule has 0 saturated carbocycles. The number of esters is 2. The molecule has 0 aromatic heterocycles. The Balaban J connectivity index is 3.46. The Morgan fingerprint density at radius 2 is 1.38 bits per heavy atom. The third-order valence-electron chi connectivity index (χ3n) is 2.97. The summed E-state index contributed by atoms with van der Waals surface area (Å²) < 4.78 is 9.84. The molecule has 5 nitrogen and oxygen atoms in total. The zero-order valence-electron chi connectivity index (χ0n) is 13.1. The van der Waals surface area contributed by atoms with E-state index in [9.17, 15) is 14.7 Å². The highest BCUT2D eigenvalue weighted by Gasteiger charge is 2.25. The highest BCUT2D eigenvalue weighted by atomic mass is 16.5. The summed E-state index contributed by atoms with van der Waals surface area (Å²) in [4.78, 5) is 23.9. The van der Waals surface area contributed by atoms with Gasteiger partial charge in [-0.25, -0.2) is 9.59 Å². The Kier molecular flexibility index (Phi) is 5.35. The van der Waals surface area contributed by atoms with Gasteiger partial charge in [0.05, 0.1) is 13.2 Å². The number of hydrogen-bond acceptors (Lipinski definition) is 5. The molecule has 0 bridgehead atoms. The number of phenolic OH excluding ortho intramolecular Hbond substituents is 1. The van der Waals surface area contributed by atoms with E-state index in [0.29, 0.717) is 0 Å². The molecule has 0 aliphatic rings. The standard InChI is InChI=1S/C16H22O5/c1-6-20-14(18)11-8-10(16(3,4)5)9-12(13(11)17)15(19)21-7-2/h8-9,17H,6-7H2,1-5H3. The minimum absolute atomic E-state index is 0.0210. The van der Waals surface area contributed by atoms with Gasteiger partial charge in [0.25, 0.3) is 0 Å². The first-order chi connectivity index (χ1) is 9.72. The average molecular weight is 294 g/mol. The molecule has 0 fully saturated rings. The van der Waals surface area contributed by atoms with Crippen molar-refractivity contribution in [2.24, 2.45) is 0 Å². The predicted octanol–water partition coefficient (Wildman–Crippen LogP) is 3.04. The van der Waals surface area contributed by atoms with Gasteiger partial charge in [-0.3, -0.25) is 0 Å². The molecule has 1 aromatic carbocycles. The second-order valence-electron chi connectivity index (χ2n) is 5.61. The van der Waals surface area contributed by atoms with E-state index in [1.165, 1.54) is 0 Å². The summed E-state index contributed by atoms with van der Waals surface area (Å²) in [5.74, 6) is -1.72. The van der Waals surface area contributed by atoms with Gasteiger partial charge in [-0.05, 0) is 37.0 Å². The average Bonchev–Trinajstić information content (AvgIpc) is 2.37. The fraction of sp³-hybridized carbons (Fsp3) is 0.500. The number of rotatable bonds is 4. The Bertz CT molecular complexity index is 501. The fourth-order valence-electron chi connectivity index (χ4n) is 1.80. The van der Waals surface area contributed by atoms with Crippen molar-refractivity contribution in [2.45, 2.75) is 40.0 Å². The van der Waals surface area contributed by atoms with Crippen LogP contribution in [0.15, 0.2) is 12.1 Å². The minimum Gasteiger partial charge on any atom is -0.506 e. The van der Waals surface area contributed by atoms with Gasteiger partial charge >= 0.3 is 11.9 Å². The first kappa shape index (κ1) is 17.0. The largest absolute Gasteiger partial charge is 0.506 e. The predicted molar refractivity (Wildman–Crippen MR) is 78.7 cm³/mol. The van der Waals surface area contributed by atoms with Crippen molar-refractivity contribution in [2.75, 3.05) is 13.2 Å². The molecule has 0 unspecified atom stereocenters. The van der Waals surface area contributed by atoms with Crippen LogP contribution in [0.2, 0.25) is 0 Å². The molecular weight excluding hydrogens is 272 g/mol. The van der Waals surface area contributed by atoms with Crippen molar-refractivity contribution in [1.29, 1.82) is 0 Å². The molecule has 0 spiro atoms. The first-order valence-corrected chi connectivity index (χ1v) is 6.94. The quantitative estimate of drug-likeness (QED) is 0.864. The number of hydrogen-bond donors (Lipinski definition) is 1. The maximum atomic E-state index is 11.9. The van der Waals surface area contributed by atoms with Crippen molar-refractivity contribution in [1.82, 2.24) is 0 Å². The molecule has 1 rings (SSSR count). The van der Waals surface area contributed by atoms with E-state index in [2.05, 4.69) is 0 Å². The number of phenols is 1. The van der Waals surface area contributed by atoms with Gasteiger partial charge in [0.2, 0.25) is 0 Å². The summed E-state index contributed by atoms with van der Waals surface area (Å²) in [7, 11) is 0. The highest BCUT2D eigenvalue weighted by Crippen LogP contribution is 2.32. The summed E-state index contributed by atoms with van der Waals surface area (Å²) in [5.41, 5.74) is 0.405. The fourth-order valence-corrected chi connectivity index (χ4v) is 1.80. The van der Waals surface area contributed by atoms with Crippen LogP contribution in [-0.4, -0.2) is 30.3 Å². The van der Waals surface area contributed by atoms with Crippen molar-refractivity contribution in [3.05, 3.63) is 28.8 Å². The van der Waals surface area contributed by atoms with Crippen LogP contribution in [-0.2, 0) is 14.9 Å². The van der Waals surface area contributed by atoms with E-state index < -0.39 is 17.7 Å². The van der Waals surface area contributed by atoms with Gasteiger partial charge in [-0.1, -0.05) is 20.8 Å². The zero-order valence-corrected chi connectivity index (χ0v) is 13.1. The molecule has 0 amide bonds. The summed E-state index contributed by atoms with van der Waals surface area (Å²) in [6, 6.07) is 3.10. The second-order valence-corrected chi connectivity index (χ2v) is 5.61. The SMILES string of the molecule is CCOC(=O)c1cc(C(C)(C)C)cc(C(=O)OCC)c1O. The summed E-state index contributed by atoms with van der Waals surface area (Å²) in [5, 5.41) is 10.2. The monoisotopic (exact) mass is 294 g/mol. The zero-order chi connectivity index (χ0) is 16.2. The lowest BCUT2D eigenvalue weighted by Crippen LogP contribution is -2.17. The molecule has 0 heterocycles. The topological polar surface area (TPSA) is 72.8 Å². The van der Waals surface area contributed by atoms with Gasteiger partial charge < -0.3 is 14.6 Å². The smallest absolute Gasteiger partial charge is 0.341 e. The molecular formula is C16H22O5. The number of carbonyl (C=O) groups is 2. The van der Waals surface area contributed by atoms with Crippen LogP contribution >= 0.6 is 0 Å². The van der Waals surface area contributed by atoms with Gasteiger partial charge in [0.1, 0.15) is 16.9 Å². The van der Waals surface area contributed by atoms with Crippen LogP contribution in [0.5, 0.6) is 5.75 Å². The third-order valence-corrected chi connectivity index (χ3v) is 2.97. The lowest BCUT2D eigenvalue weighted by atomic mass is 9.84. The van der Waals surface area contributed by atoms with Crippen LogP contribution in [0, 0.1) is 0 Å². The molecule has 0 saturated heterocycles. The summed E-state index contributed by atoms with van der Waals surface area (Å²) in [6.45, 7) is 9.57. The van der Waals surface area contributed by atoms with Crippen LogP contribution in [0.1, 0.15) is 60.9 Å². The third kappa shape index (κ3) is 3.97. The van der Waals surface area contributed by atoms with E-state index in [0.717, 1.165) is 5.56 Å². The van der Waals surface area contributed by atoms with Crippen LogP contribution in [0.3, 0.4) is 0 Å². The Morgan fingerprint density at radius 3 is 1.67 bits per heavy atom.